The highest BCUT2D eigenvalue weighted by atomic mass is 35.5. The molecule has 27 heavy (non-hydrogen) atoms. The fourth-order valence-corrected chi connectivity index (χ4v) is 2.46. The van der Waals surface area contributed by atoms with Crippen LogP contribution >= 0.6 is 12.4 Å². The zero-order valence-electron chi connectivity index (χ0n) is 17.3. The van der Waals surface area contributed by atoms with Gasteiger partial charge in [0.25, 0.3) is 0 Å². The molecule has 162 valence electrons. The second-order valence-corrected chi connectivity index (χ2v) is 7.02. The summed E-state index contributed by atoms with van der Waals surface area (Å²) in [5.74, 6) is -0.118. The number of ketones is 3. The number of carbonyl (C=O) groups excluding carboxylic acids is 3. The van der Waals surface area contributed by atoms with Gasteiger partial charge in [0.2, 0.25) is 0 Å². The summed E-state index contributed by atoms with van der Waals surface area (Å²) in [4.78, 5) is 35.7. The van der Waals surface area contributed by atoms with E-state index < -0.39 is 18.3 Å². The van der Waals surface area contributed by atoms with Crippen LogP contribution in [0.4, 0.5) is 0 Å². The van der Waals surface area contributed by atoms with Crippen LogP contribution in [-0.2, 0) is 14.4 Å². The van der Waals surface area contributed by atoms with Crippen LogP contribution in [0.1, 0.15) is 41.5 Å². The zero-order valence-corrected chi connectivity index (χ0v) is 18.2. The highest BCUT2D eigenvalue weighted by Crippen LogP contribution is 1.97. The lowest BCUT2D eigenvalue weighted by Crippen LogP contribution is -2.40. The molecule has 3 atom stereocenters. The molecule has 0 aromatic rings. The van der Waals surface area contributed by atoms with Crippen molar-refractivity contribution >= 4 is 29.8 Å². The van der Waals surface area contributed by atoms with Gasteiger partial charge in [0.15, 0.2) is 0 Å². The molecule has 0 aliphatic rings. The largest absolute Gasteiger partial charge is 0.392 e. The molecular weight excluding hydrogens is 376 g/mol. The molecule has 0 spiro atoms. The van der Waals surface area contributed by atoms with Crippen molar-refractivity contribution in [3.05, 3.63) is 0 Å². The van der Waals surface area contributed by atoms with Crippen molar-refractivity contribution < 1.29 is 29.7 Å². The second-order valence-electron chi connectivity index (χ2n) is 7.02. The van der Waals surface area contributed by atoms with E-state index in [0.717, 1.165) is 0 Å². The second kappa shape index (κ2) is 17.2. The Morgan fingerprint density at radius 3 is 1.00 bits per heavy atom. The lowest BCUT2D eigenvalue weighted by atomic mass is 10.2. The average Bonchev–Trinajstić information content (AvgIpc) is 2.33. The monoisotopic (exact) mass is 412 g/mol. The highest BCUT2D eigenvalue weighted by Gasteiger charge is 2.13. The van der Waals surface area contributed by atoms with Crippen molar-refractivity contribution in [3.63, 3.8) is 0 Å². The Balaban J connectivity index is -0.000000411. The summed E-state index contributed by atoms with van der Waals surface area (Å²) < 4.78 is 0. The molecule has 0 radical (unpaired) electrons. The third-order valence-corrected chi connectivity index (χ3v) is 2.91. The van der Waals surface area contributed by atoms with Crippen LogP contribution < -0.4 is 0 Å². The molecule has 3 N–H and O–H groups in total. The summed E-state index contributed by atoms with van der Waals surface area (Å²) in [6, 6.07) is 0. The highest BCUT2D eigenvalue weighted by molar-refractivity contribution is 5.85. The Labute approximate surface area is 168 Å². The quantitative estimate of drug-likeness (QED) is 0.407. The fourth-order valence-electron chi connectivity index (χ4n) is 2.46. The molecule has 0 aromatic heterocycles. The Kier molecular flexibility index (Phi) is 19.6. The Hall–Kier alpha value is -0.900. The average molecular weight is 413 g/mol. The molecule has 0 heterocycles. The van der Waals surface area contributed by atoms with E-state index in [1.54, 1.807) is 25.7 Å². The van der Waals surface area contributed by atoms with Gasteiger partial charge in [-0.25, -0.2) is 0 Å². The van der Waals surface area contributed by atoms with Crippen molar-refractivity contribution in [1.82, 2.24) is 9.80 Å². The number of hydrogen-bond donors (Lipinski definition) is 3. The van der Waals surface area contributed by atoms with Crippen LogP contribution in [0.25, 0.3) is 0 Å². The van der Waals surface area contributed by atoms with E-state index in [-0.39, 0.29) is 49.4 Å². The Bertz CT molecular complexity index is 368. The van der Waals surface area contributed by atoms with E-state index in [0.29, 0.717) is 19.6 Å². The van der Waals surface area contributed by atoms with Crippen molar-refractivity contribution in [1.29, 1.82) is 0 Å². The minimum atomic E-state index is -0.433. The third kappa shape index (κ3) is 25.1. The first kappa shape index (κ1) is 30.8. The molecule has 0 aromatic carbocycles. The van der Waals surface area contributed by atoms with E-state index in [1.807, 2.05) is 4.90 Å². The van der Waals surface area contributed by atoms with Gasteiger partial charge in [0, 0.05) is 19.6 Å². The maximum Gasteiger partial charge on any atom is 0.143 e. The van der Waals surface area contributed by atoms with Crippen molar-refractivity contribution in [2.45, 2.75) is 59.9 Å². The topological polar surface area (TPSA) is 118 Å². The molecule has 0 saturated heterocycles. The molecule has 8 nitrogen and oxygen atoms in total. The van der Waals surface area contributed by atoms with Crippen LogP contribution in [0.2, 0.25) is 0 Å². The minimum absolute atomic E-state index is 0. The fraction of sp³-hybridized carbons (Fsp3) is 0.833. The van der Waals surface area contributed by atoms with Crippen LogP contribution in [0.5, 0.6) is 0 Å². The maximum atomic E-state index is 10.8. The summed E-state index contributed by atoms with van der Waals surface area (Å²) >= 11 is 0. The first-order chi connectivity index (χ1) is 11.8. The molecule has 0 aliphatic carbocycles. The van der Waals surface area contributed by atoms with E-state index in [2.05, 4.69) is 0 Å². The molecule has 3 unspecified atom stereocenters. The number of carbonyl (C=O) groups is 3. The molecule has 0 saturated carbocycles. The number of rotatable bonds is 12. The molecule has 9 heteroatoms. The molecular formula is C18H37ClN2O6. The van der Waals surface area contributed by atoms with Gasteiger partial charge >= 0.3 is 0 Å². The summed E-state index contributed by atoms with van der Waals surface area (Å²) in [7, 11) is 0. The Morgan fingerprint density at radius 2 is 0.852 bits per heavy atom. The SMILES string of the molecule is CC(=O)CN(CC(C)=O)CC(C)=O.CC(O)CN(CC(C)O)CC(C)O.Cl. The molecule has 0 aliphatic heterocycles. The standard InChI is InChI=1S/C9H21NO3.C9H15NO3.ClH/c2*1-7(11)4-10(5-8(2)12)6-9(3)13;/h7-9,11-13H,4-6H2,1-3H3;4-6H2,1-3H3;1H. The van der Waals surface area contributed by atoms with Gasteiger partial charge in [-0.3, -0.25) is 24.2 Å². The van der Waals surface area contributed by atoms with Gasteiger partial charge in [-0.1, -0.05) is 0 Å². The van der Waals surface area contributed by atoms with Crippen LogP contribution in [0.3, 0.4) is 0 Å². The molecule has 0 amide bonds. The van der Waals surface area contributed by atoms with E-state index >= 15 is 0 Å². The number of aliphatic hydroxyl groups is 3. The predicted octanol–water partition coefficient (Wildman–Crippen LogP) is -0.0920. The predicted molar refractivity (Wildman–Crippen MR) is 107 cm³/mol. The van der Waals surface area contributed by atoms with Crippen molar-refractivity contribution in [2.24, 2.45) is 0 Å². The zero-order chi connectivity index (χ0) is 20.9. The van der Waals surface area contributed by atoms with Crippen LogP contribution in [-0.4, -0.2) is 100 Å². The third-order valence-electron chi connectivity index (χ3n) is 2.91. The molecule has 0 bridgehead atoms. The van der Waals surface area contributed by atoms with Crippen molar-refractivity contribution in [2.75, 3.05) is 39.3 Å². The van der Waals surface area contributed by atoms with Gasteiger partial charge in [0.05, 0.1) is 37.9 Å². The lowest BCUT2D eigenvalue weighted by molar-refractivity contribution is -0.123. The van der Waals surface area contributed by atoms with E-state index in [1.165, 1.54) is 20.8 Å². The summed E-state index contributed by atoms with van der Waals surface area (Å²) in [5, 5.41) is 27.4. The Morgan fingerprint density at radius 1 is 0.630 bits per heavy atom. The molecule has 0 fully saturated rings. The maximum absolute atomic E-state index is 10.8. The van der Waals surface area contributed by atoms with Gasteiger partial charge < -0.3 is 15.3 Å². The number of halogens is 1. The number of Topliss-reactive ketones (excluding diaryl/α,β-unsaturated/α-hetero) is 3. The normalized spacial score (nSPS) is 13.9. The molecule has 0 rings (SSSR count). The van der Waals surface area contributed by atoms with E-state index in [9.17, 15) is 14.4 Å². The van der Waals surface area contributed by atoms with Crippen LogP contribution in [0, 0.1) is 0 Å². The number of aliphatic hydroxyl groups excluding tert-OH is 3. The van der Waals surface area contributed by atoms with Gasteiger partial charge in [-0.2, -0.15) is 0 Å². The van der Waals surface area contributed by atoms with Gasteiger partial charge in [0.1, 0.15) is 17.3 Å². The smallest absolute Gasteiger partial charge is 0.143 e. The van der Waals surface area contributed by atoms with Crippen molar-refractivity contribution in [3.8, 4) is 0 Å². The number of hydrogen-bond acceptors (Lipinski definition) is 8. The van der Waals surface area contributed by atoms with Gasteiger partial charge in [-0.05, 0) is 41.5 Å². The summed E-state index contributed by atoms with van der Waals surface area (Å²) in [6.07, 6.45) is -1.30. The van der Waals surface area contributed by atoms with Gasteiger partial charge in [-0.15, -0.1) is 12.4 Å². The lowest BCUT2D eigenvalue weighted by Gasteiger charge is -2.25. The first-order valence-electron chi connectivity index (χ1n) is 8.80. The summed E-state index contributed by atoms with van der Waals surface area (Å²) in [6.45, 7) is 11.3. The summed E-state index contributed by atoms with van der Waals surface area (Å²) in [5.41, 5.74) is 0. The van der Waals surface area contributed by atoms with Crippen LogP contribution in [0.15, 0.2) is 0 Å². The van der Waals surface area contributed by atoms with E-state index in [4.69, 9.17) is 15.3 Å². The minimum Gasteiger partial charge on any atom is -0.392 e. The first-order valence-corrected chi connectivity index (χ1v) is 8.80. The number of nitrogens with zero attached hydrogens (tertiary/aromatic N) is 2.